The van der Waals surface area contributed by atoms with Crippen LogP contribution in [0.1, 0.15) is 18.2 Å². The van der Waals surface area contributed by atoms with Crippen LogP contribution in [0, 0.1) is 11.8 Å². The lowest BCUT2D eigenvalue weighted by Gasteiger charge is -2.33. The van der Waals surface area contributed by atoms with Crippen LogP contribution in [0.5, 0.6) is 0 Å². The third kappa shape index (κ3) is 3.80. The molecule has 0 bridgehead atoms. The number of hydrogen-bond acceptors (Lipinski definition) is 4. The van der Waals surface area contributed by atoms with E-state index in [-0.39, 0.29) is 18.2 Å². The SMILES string of the molecule is CC1CC(C(=O)O)CN(S(=O)(=O)CCc2cccs2)C1. The molecule has 0 radical (unpaired) electrons. The molecule has 7 heteroatoms. The molecule has 1 fully saturated rings. The van der Waals surface area contributed by atoms with Gasteiger partial charge in [0.15, 0.2) is 0 Å². The number of carboxylic acid groups (broad SMARTS) is 1. The Morgan fingerprint density at radius 1 is 1.50 bits per heavy atom. The zero-order valence-electron chi connectivity index (χ0n) is 11.4. The highest BCUT2D eigenvalue weighted by atomic mass is 32.2. The summed E-state index contributed by atoms with van der Waals surface area (Å²) in [5.41, 5.74) is 0. The Morgan fingerprint density at radius 3 is 2.85 bits per heavy atom. The number of rotatable bonds is 5. The maximum atomic E-state index is 12.3. The van der Waals surface area contributed by atoms with Gasteiger partial charge in [-0.05, 0) is 30.2 Å². The lowest BCUT2D eigenvalue weighted by atomic mass is 9.92. The summed E-state index contributed by atoms with van der Waals surface area (Å²) in [7, 11) is -3.38. The molecular weight excluding hydrogens is 298 g/mol. The molecule has 0 spiro atoms. The average molecular weight is 317 g/mol. The van der Waals surface area contributed by atoms with Crippen molar-refractivity contribution in [1.29, 1.82) is 0 Å². The molecule has 0 aromatic carbocycles. The number of piperidine rings is 1. The standard InChI is InChI=1S/C13H19NO4S2/c1-10-7-11(13(15)16)9-14(8-10)20(17,18)6-4-12-3-2-5-19-12/h2-3,5,10-11H,4,6-9H2,1H3,(H,15,16). The fourth-order valence-electron chi connectivity index (χ4n) is 2.52. The van der Waals surface area contributed by atoms with Gasteiger partial charge in [0.25, 0.3) is 0 Å². The minimum Gasteiger partial charge on any atom is -0.481 e. The molecule has 1 N–H and O–H groups in total. The van der Waals surface area contributed by atoms with E-state index in [1.807, 2.05) is 24.4 Å². The number of aryl methyl sites for hydroxylation is 1. The van der Waals surface area contributed by atoms with Crippen molar-refractivity contribution < 1.29 is 18.3 Å². The van der Waals surface area contributed by atoms with Crippen molar-refractivity contribution >= 4 is 27.3 Å². The Balaban J connectivity index is 2.02. The molecule has 1 aromatic heterocycles. The van der Waals surface area contributed by atoms with E-state index in [4.69, 9.17) is 5.11 Å². The van der Waals surface area contributed by atoms with Gasteiger partial charge in [0.2, 0.25) is 10.0 Å². The van der Waals surface area contributed by atoms with E-state index >= 15 is 0 Å². The number of carbonyl (C=O) groups is 1. The van der Waals surface area contributed by atoms with Crippen molar-refractivity contribution in [2.24, 2.45) is 11.8 Å². The van der Waals surface area contributed by atoms with Crippen molar-refractivity contribution in [1.82, 2.24) is 4.31 Å². The molecule has 0 aliphatic carbocycles. The van der Waals surface area contributed by atoms with Crippen LogP contribution < -0.4 is 0 Å². The Bertz CT molecular complexity index is 553. The first kappa shape index (κ1) is 15.5. The van der Waals surface area contributed by atoms with Crippen LogP contribution in [0.3, 0.4) is 0 Å². The second-order valence-corrected chi connectivity index (χ2v) is 8.46. The van der Waals surface area contributed by atoms with Crippen molar-refractivity contribution in [3.05, 3.63) is 22.4 Å². The van der Waals surface area contributed by atoms with Gasteiger partial charge in [0.05, 0.1) is 11.7 Å². The topological polar surface area (TPSA) is 74.7 Å². The van der Waals surface area contributed by atoms with E-state index in [1.54, 1.807) is 0 Å². The third-order valence-electron chi connectivity index (χ3n) is 3.56. The minimum atomic E-state index is -3.38. The summed E-state index contributed by atoms with van der Waals surface area (Å²) in [4.78, 5) is 12.1. The van der Waals surface area contributed by atoms with Gasteiger partial charge in [-0.15, -0.1) is 11.3 Å². The third-order valence-corrected chi connectivity index (χ3v) is 6.30. The number of sulfonamides is 1. The van der Waals surface area contributed by atoms with Crippen LogP contribution in [-0.4, -0.2) is 42.6 Å². The van der Waals surface area contributed by atoms with Crippen LogP contribution in [0.15, 0.2) is 17.5 Å². The van der Waals surface area contributed by atoms with Gasteiger partial charge in [-0.3, -0.25) is 4.79 Å². The summed E-state index contributed by atoms with van der Waals surface area (Å²) in [6.45, 7) is 2.43. The lowest BCUT2D eigenvalue weighted by Crippen LogP contribution is -2.46. The minimum absolute atomic E-state index is 0.0482. The Labute approximate surface area is 123 Å². The van der Waals surface area contributed by atoms with E-state index in [1.165, 1.54) is 15.6 Å². The Hall–Kier alpha value is -0.920. The first-order chi connectivity index (χ1) is 9.38. The number of carboxylic acids is 1. The number of aliphatic carboxylic acids is 1. The lowest BCUT2D eigenvalue weighted by molar-refractivity contribution is -0.143. The molecule has 1 saturated heterocycles. The monoisotopic (exact) mass is 317 g/mol. The largest absolute Gasteiger partial charge is 0.481 e. The summed E-state index contributed by atoms with van der Waals surface area (Å²) in [6.07, 6.45) is 1.04. The summed E-state index contributed by atoms with van der Waals surface area (Å²) in [5, 5.41) is 11.0. The first-order valence-corrected chi connectivity index (χ1v) is 9.10. The highest BCUT2D eigenvalue weighted by molar-refractivity contribution is 7.89. The van der Waals surface area contributed by atoms with Gasteiger partial charge in [0.1, 0.15) is 0 Å². The van der Waals surface area contributed by atoms with Crippen molar-refractivity contribution in [2.75, 3.05) is 18.8 Å². The molecule has 5 nitrogen and oxygen atoms in total. The predicted octanol–water partition coefficient (Wildman–Crippen LogP) is 1.66. The van der Waals surface area contributed by atoms with Crippen LogP contribution in [0.25, 0.3) is 0 Å². The van der Waals surface area contributed by atoms with Crippen LogP contribution in [0.2, 0.25) is 0 Å². The number of hydrogen-bond donors (Lipinski definition) is 1. The molecule has 1 aliphatic heterocycles. The molecule has 0 saturated carbocycles. The zero-order chi connectivity index (χ0) is 14.8. The molecule has 2 atom stereocenters. The van der Waals surface area contributed by atoms with E-state index < -0.39 is 21.9 Å². The van der Waals surface area contributed by atoms with Gasteiger partial charge in [-0.25, -0.2) is 12.7 Å². The second kappa shape index (κ2) is 6.24. The van der Waals surface area contributed by atoms with Gasteiger partial charge in [-0.2, -0.15) is 0 Å². The first-order valence-electron chi connectivity index (χ1n) is 6.61. The molecule has 1 aliphatic rings. The smallest absolute Gasteiger partial charge is 0.307 e. The van der Waals surface area contributed by atoms with E-state index in [0.29, 0.717) is 19.4 Å². The number of thiophene rings is 1. The summed E-state index contributed by atoms with van der Waals surface area (Å²) >= 11 is 1.54. The van der Waals surface area contributed by atoms with E-state index in [9.17, 15) is 13.2 Å². The molecular formula is C13H19NO4S2. The fraction of sp³-hybridized carbons (Fsp3) is 0.615. The maximum absolute atomic E-state index is 12.3. The van der Waals surface area contributed by atoms with Crippen LogP contribution >= 0.6 is 11.3 Å². The molecule has 20 heavy (non-hydrogen) atoms. The van der Waals surface area contributed by atoms with E-state index in [2.05, 4.69) is 0 Å². The second-order valence-electron chi connectivity index (χ2n) is 5.34. The van der Waals surface area contributed by atoms with Crippen molar-refractivity contribution in [2.45, 2.75) is 19.8 Å². The van der Waals surface area contributed by atoms with Crippen molar-refractivity contribution in [3.8, 4) is 0 Å². The summed E-state index contributed by atoms with van der Waals surface area (Å²) in [5.74, 6) is -1.36. The quantitative estimate of drug-likeness (QED) is 0.896. The van der Waals surface area contributed by atoms with E-state index in [0.717, 1.165) is 4.88 Å². The fourth-order valence-corrected chi connectivity index (χ4v) is 4.99. The van der Waals surface area contributed by atoms with Crippen molar-refractivity contribution in [3.63, 3.8) is 0 Å². The summed E-state index contributed by atoms with van der Waals surface area (Å²) in [6, 6.07) is 3.81. The Morgan fingerprint density at radius 2 is 2.25 bits per heavy atom. The molecule has 112 valence electrons. The van der Waals surface area contributed by atoms with Gasteiger partial charge >= 0.3 is 5.97 Å². The normalized spacial score (nSPS) is 24.6. The average Bonchev–Trinajstić information content (AvgIpc) is 2.89. The van der Waals surface area contributed by atoms with Gasteiger partial charge in [0, 0.05) is 18.0 Å². The number of nitrogens with zero attached hydrogens (tertiary/aromatic N) is 1. The molecule has 2 heterocycles. The molecule has 1 aromatic rings. The summed E-state index contributed by atoms with van der Waals surface area (Å²) < 4.78 is 26.0. The van der Waals surface area contributed by atoms with Gasteiger partial charge in [-0.1, -0.05) is 13.0 Å². The molecule has 0 amide bonds. The highest BCUT2D eigenvalue weighted by Gasteiger charge is 2.35. The van der Waals surface area contributed by atoms with Gasteiger partial charge < -0.3 is 5.11 Å². The Kier molecular flexibility index (Phi) is 4.82. The molecule has 2 unspecified atom stereocenters. The zero-order valence-corrected chi connectivity index (χ0v) is 13.0. The molecule has 2 rings (SSSR count). The maximum Gasteiger partial charge on any atom is 0.307 e. The van der Waals surface area contributed by atoms with Crippen LogP contribution in [0.4, 0.5) is 0 Å². The predicted molar refractivity (Wildman–Crippen MR) is 78.3 cm³/mol. The van der Waals surface area contributed by atoms with Crippen LogP contribution in [-0.2, 0) is 21.2 Å². The highest BCUT2D eigenvalue weighted by Crippen LogP contribution is 2.24.